The standard InChI is InChI=1S/C16H25N3O/c1-16(2,13-19-11-6-9-17-10-12-19)15(20)18-14-7-4-3-5-8-14/h3-5,7-8,17H,6,9-13H2,1-2H3,(H,18,20). The van der Waals surface area contributed by atoms with Gasteiger partial charge in [-0.25, -0.2) is 0 Å². The molecule has 0 radical (unpaired) electrons. The lowest BCUT2D eigenvalue weighted by atomic mass is 9.91. The van der Waals surface area contributed by atoms with Crippen molar-refractivity contribution in [1.29, 1.82) is 0 Å². The molecule has 0 bridgehead atoms. The Labute approximate surface area is 121 Å². The number of carbonyl (C=O) groups excluding carboxylic acids is 1. The lowest BCUT2D eigenvalue weighted by Crippen LogP contribution is -2.43. The van der Waals surface area contributed by atoms with Crippen molar-refractivity contribution in [3.8, 4) is 0 Å². The first-order valence-electron chi connectivity index (χ1n) is 7.37. The summed E-state index contributed by atoms with van der Waals surface area (Å²) in [4.78, 5) is 14.8. The Morgan fingerprint density at radius 1 is 1.25 bits per heavy atom. The molecule has 4 heteroatoms. The molecule has 20 heavy (non-hydrogen) atoms. The molecule has 1 amide bonds. The molecule has 1 saturated heterocycles. The Morgan fingerprint density at radius 2 is 2.00 bits per heavy atom. The van der Waals surface area contributed by atoms with Gasteiger partial charge in [0.05, 0.1) is 5.41 Å². The fourth-order valence-electron chi connectivity index (χ4n) is 2.51. The van der Waals surface area contributed by atoms with Gasteiger partial charge in [0.25, 0.3) is 0 Å². The van der Waals surface area contributed by atoms with E-state index in [9.17, 15) is 4.79 Å². The zero-order chi connectivity index (χ0) is 14.4. The molecule has 2 N–H and O–H groups in total. The molecule has 0 aromatic heterocycles. The minimum atomic E-state index is -0.389. The average Bonchev–Trinajstić information content (AvgIpc) is 2.68. The Hall–Kier alpha value is -1.39. The summed E-state index contributed by atoms with van der Waals surface area (Å²) in [5.41, 5.74) is 0.475. The van der Waals surface area contributed by atoms with Gasteiger partial charge in [-0.2, -0.15) is 0 Å². The van der Waals surface area contributed by atoms with Crippen molar-refractivity contribution in [3.63, 3.8) is 0 Å². The van der Waals surface area contributed by atoms with E-state index in [2.05, 4.69) is 15.5 Å². The molecule has 1 aliphatic heterocycles. The molecular formula is C16H25N3O. The molecule has 1 fully saturated rings. The van der Waals surface area contributed by atoms with Gasteiger partial charge in [-0.1, -0.05) is 18.2 Å². The van der Waals surface area contributed by atoms with Gasteiger partial charge in [0, 0.05) is 25.3 Å². The zero-order valence-corrected chi connectivity index (χ0v) is 12.5. The van der Waals surface area contributed by atoms with Crippen LogP contribution in [0, 0.1) is 5.41 Å². The summed E-state index contributed by atoms with van der Waals surface area (Å²) in [5, 5.41) is 6.40. The van der Waals surface area contributed by atoms with Crippen LogP contribution in [0.5, 0.6) is 0 Å². The fourth-order valence-corrected chi connectivity index (χ4v) is 2.51. The van der Waals surface area contributed by atoms with Gasteiger partial charge in [-0.05, 0) is 45.5 Å². The normalized spacial score (nSPS) is 17.5. The summed E-state index contributed by atoms with van der Waals surface area (Å²) < 4.78 is 0. The number of para-hydroxylation sites is 1. The average molecular weight is 275 g/mol. The van der Waals surface area contributed by atoms with Gasteiger partial charge in [0.2, 0.25) is 5.91 Å². The van der Waals surface area contributed by atoms with E-state index in [1.165, 1.54) is 0 Å². The molecule has 0 saturated carbocycles. The number of anilines is 1. The Bertz CT molecular complexity index is 423. The number of rotatable bonds is 4. The molecule has 1 aliphatic rings. The van der Waals surface area contributed by atoms with E-state index in [1.807, 2.05) is 44.2 Å². The molecule has 4 nitrogen and oxygen atoms in total. The highest BCUT2D eigenvalue weighted by molar-refractivity contribution is 5.94. The van der Waals surface area contributed by atoms with Crippen LogP contribution in [-0.4, -0.2) is 43.5 Å². The summed E-state index contributed by atoms with van der Waals surface area (Å²) in [5.74, 6) is 0.0842. The van der Waals surface area contributed by atoms with Gasteiger partial charge in [0.1, 0.15) is 0 Å². The third-order valence-electron chi connectivity index (χ3n) is 3.70. The molecule has 1 aromatic carbocycles. The molecule has 0 unspecified atom stereocenters. The molecule has 0 spiro atoms. The maximum Gasteiger partial charge on any atom is 0.231 e. The van der Waals surface area contributed by atoms with Gasteiger partial charge in [-0.3, -0.25) is 4.79 Å². The van der Waals surface area contributed by atoms with Crippen molar-refractivity contribution in [1.82, 2.24) is 10.2 Å². The fraction of sp³-hybridized carbons (Fsp3) is 0.562. The molecule has 1 heterocycles. The van der Waals surface area contributed by atoms with Gasteiger partial charge in [-0.15, -0.1) is 0 Å². The maximum absolute atomic E-state index is 12.4. The van der Waals surface area contributed by atoms with Crippen LogP contribution in [0.25, 0.3) is 0 Å². The van der Waals surface area contributed by atoms with E-state index in [-0.39, 0.29) is 11.3 Å². The Morgan fingerprint density at radius 3 is 2.75 bits per heavy atom. The van der Waals surface area contributed by atoms with Crippen LogP contribution in [0.2, 0.25) is 0 Å². The summed E-state index contributed by atoms with van der Waals surface area (Å²) in [7, 11) is 0. The number of carbonyl (C=O) groups is 1. The summed E-state index contributed by atoms with van der Waals surface area (Å²) in [6, 6.07) is 9.66. The monoisotopic (exact) mass is 275 g/mol. The van der Waals surface area contributed by atoms with Crippen molar-refractivity contribution < 1.29 is 4.79 Å². The largest absolute Gasteiger partial charge is 0.326 e. The second-order valence-electron chi connectivity index (χ2n) is 6.08. The first kappa shape index (κ1) is 15.0. The predicted molar refractivity (Wildman–Crippen MR) is 82.8 cm³/mol. The Balaban J connectivity index is 1.92. The van der Waals surface area contributed by atoms with Crippen molar-refractivity contribution in [2.45, 2.75) is 20.3 Å². The molecular weight excluding hydrogens is 250 g/mol. The summed E-state index contributed by atoms with van der Waals surface area (Å²) in [6.45, 7) is 9.00. The van der Waals surface area contributed by atoms with Crippen molar-refractivity contribution >= 4 is 11.6 Å². The van der Waals surface area contributed by atoms with Crippen LogP contribution in [0.4, 0.5) is 5.69 Å². The van der Waals surface area contributed by atoms with E-state index in [1.54, 1.807) is 0 Å². The summed E-state index contributed by atoms with van der Waals surface area (Å²) in [6.07, 6.45) is 1.15. The van der Waals surface area contributed by atoms with Crippen LogP contribution >= 0.6 is 0 Å². The van der Waals surface area contributed by atoms with Crippen molar-refractivity contribution in [2.24, 2.45) is 5.41 Å². The van der Waals surface area contributed by atoms with Gasteiger partial charge >= 0.3 is 0 Å². The summed E-state index contributed by atoms with van der Waals surface area (Å²) >= 11 is 0. The number of hydrogen-bond acceptors (Lipinski definition) is 3. The molecule has 2 rings (SSSR count). The Kier molecular flexibility index (Phi) is 5.15. The van der Waals surface area contributed by atoms with Crippen LogP contribution < -0.4 is 10.6 Å². The first-order valence-corrected chi connectivity index (χ1v) is 7.37. The van der Waals surface area contributed by atoms with Crippen LogP contribution in [-0.2, 0) is 4.79 Å². The number of nitrogens with one attached hydrogen (secondary N) is 2. The highest BCUT2D eigenvalue weighted by atomic mass is 16.2. The lowest BCUT2D eigenvalue weighted by molar-refractivity contribution is -0.124. The van der Waals surface area contributed by atoms with E-state index in [4.69, 9.17) is 0 Å². The minimum Gasteiger partial charge on any atom is -0.326 e. The molecule has 0 aliphatic carbocycles. The zero-order valence-electron chi connectivity index (χ0n) is 12.5. The topological polar surface area (TPSA) is 44.4 Å². The van der Waals surface area contributed by atoms with Gasteiger partial charge in [0.15, 0.2) is 0 Å². The second kappa shape index (κ2) is 6.86. The third-order valence-corrected chi connectivity index (χ3v) is 3.70. The number of nitrogens with zero attached hydrogens (tertiary/aromatic N) is 1. The van der Waals surface area contributed by atoms with Crippen molar-refractivity contribution in [2.75, 3.05) is 38.0 Å². The maximum atomic E-state index is 12.4. The van der Waals surface area contributed by atoms with E-state index >= 15 is 0 Å². The quantitative estimate of drug-likeness (QED) is 0.883. The number of benzene rings is 1. The van der Waals surface area contributed by atoms with Crippen LogP contribution in [0.15, 0.2) is 30.3 Å². The SMILES string of the molecule is CC(C)(CN1CCCNCC1)C(=O)Nc1ccccc1. The van der Waals surface area contributed by atoms with Crippen molar-refractivity contribution in [3.05, 3.63) is 30.3 Å². The smallest absolute Gasteiger partial charge is 0.231 e. The van der Waals surface area contributed by atoms with Crippen LogP contribution in [0.1, 0.15) is 20.3 Å². The lowest BCUT2D eigenvalue weighted by Gasteiger charge is -2.30. The third kappa shape index (κ3) is 4.32. The van der Waals surface area contributed by atoms with E-state index in [0.29, 0.717) is 0 Å². The molecule has 110 valence electrons. The molecule has 0 atom stereocenters. The highest BCUT2D eigenvalue weighted by Gasteiger charge is 2.30. The first-order chi connectivity index (χ1) is 9.58. The molecule has 1 aromatic rings. The minimum absolute atomic E-state index is 0.0842. The second-order valence-corrected chi connectivity index (χ2v) is 6.08. The number of hydrogen-bond donors (Lipinski definition) is 2. The highest BCUT2D eigenvalue weighted by Crippen LogP contribution is 2.20. The number of amides is 1. The van der Waals surface area contributed by atoms with E-state index in [0.717, 1.165) is 44.8 Å². The van der Waals surface area contributed by atoms with E-state index < -0.39 is 0 Å². The predicted octanol–water partition coefficient (Wildman–Crippen LogP) is 1.95. The van der Waals surface area contributed by atoms with Gasteiger partial charge < -0.3 is 15.5 Å². The van der Waals surface area contributed by atoms with Crippen LogP contribution in [0.3, 0.4) is 0 Å².